The third-order valence-corrected chi connectivity index (χ3v) is 3.61. The van der Waals surface area contributed by atoms with Gasteiger partial charge in [-0.25, -0.2) is 4.68 Å². The molecule has 7 heteroatoms. The first-order chi connectivity index (χ1) is 10.3. The van der Waals surface area contributed by atoms with Gasteiger partial charge in [-0.05, 0) is 35.4 Å². The average molecular weight is 286 g/mol. The molecule has 1 atom stereocenters. The van der Waals surface area contributed by atoms with Crippen LogP contribution in [0.15, 0.2) is 36.7 Å². The van der Waals surface area contributed by atoms with Crippen LogP contribution in [0.4, 0.5) is 5.69 Å². The highest BCUT2D eigenvalue weighted by atomic mass is 16.2. The van der Waals surface area contributed by atoms with Crippen molar-refractivity contribution in [2.75, 3.05) is 18.4 Å². The summed E-state index contributed by atoms with van der Waals surface area (Å²) in [5, 5.41) is 14.3. The first kappa shape index (κ1) is 13.5. The van der Waals surface area contributed by atoms with E-state index in [1.54, 1.807) is 0 Å². The van der Waals surface area contributed by atoms with Gasteiger partial charge < -0.3 is 10.2 Å². The molecule has 0 saturated carbocycles. The zero-order valence-corrected chi connectivity index (χ0v) is 11.7. The predicted octanol–water partition coefficient (Wildman–Crippen LogP) is 0.776. The number of piperidine rings is 1. The summed E-state index contributed by atoms with van der Waals surface area (Å²) in [7, 11) is 0. The SMILES string of the molecule is O=C(Cn1cnnn1)N1CCC[C@@H](Nc2ccccc2)C1. The lowest BCUT2D eigenvalue weighted by atomic mass is 10.1. The molecule has 1 saturated heterocycles. The third-order valence-electron chi connectivity index (χ3n) is 3.61. The van der Waals surface area contributed by atoms with Gasteiger partial charge in [0.1, 0.15) is 12.9 Å². The number of hydrogen-bond acceptors (Lipinski definition) is 5. The minimum atomic E-state index is 0.0573. The number of likely N-dealkylation sites (tertiary alicyclic amines) is 1. The maximum atomic E-state index is 12.2. The molecule has 2 heterocycles. The first-order valence-electron chi connectivity index (χ1n) is 7.11. The van der Waals surface area contributed by atoms with Crippen molar-refractivity contribution < 1.29 is 4.79 Å². The van der Waals surface area contributed by atoms with Crippen LogP contribution in [0.1, 0.15) is 12.8 Å². The highest BCUT2D eigenvalue weighted by molar-refractivity contribution is 5.76. The molecular formula is C14H18N6O. The van der Waals surface area contributed by atoms with Crippen LogP contribution in [0.5, 0.6) is 0 Å². The molecular weight excluding hydrogens is 268 g/mol. The number of amides is 1. The average Bonchev–Trinajstić information content (AvgIpc) is 3.01. The number of para-hydroxylation sites is 1. The van der Waals surface area contributed by atoms with Crippen LogP contribution in [-0.4, -0.2) is 50.1 Å². The van der Waals surface area contributed by atoms with Gasteiger partial charge in [-0.1, -0.05) is 18.2 Å². The molecule has 21 heavy (non-hydrogen) atoms. The molecule has 1 aromatic carbocycles. The zero-order chi connectivity index (χ0) is 14.5. The monoisotopic (exact) mass is 286 g/mol. The molecule has 0 aliphatic carbocycles. The molecule has 2 aromatic rings. The maximum Gasteiger partial charge on any atom is 0.244 e. The van der Waals surface area contributed by atoms with E-state index in [4.69, 9.17) is 0 Å². The normalized spacial score (nSPS) is 18.5. The van der Waals surface area contributed by atoms with Crippen molar-refractivity contribution in [1.82, 2.24) is 25.1 Å². The van der Waals surface area contributed by atoms with Gasteiger partial charge in [-0.2, -0.15) is 0 Å². The number of nitrogens with one attached hydrogen (secondary N) is 1. The highest BCUT2D eigenvalue weighted by Crippen LogP contribution is 2.16. The second kappa shape index (κ2) is 6.34. The number of tetrazole rings is 1. The number of carbonyl (C=O) groups is 1. The van der Waals surface area contributed by atoms with Crippen molar-refractivity contribution in [3.63, 3.8) is 0 Å². The van der Waals surface area contributed by atoms with E-state index in [2.05, 4.69) is 20.8 Å². The lowest BCUT2D eigenvalue weighted by molar-refractivity contribution is -0.133. The number of rotatable bonds is 4. The molecule has 1 aromatic heterocycles. The number of carbonyl (C=O) groups excluding carboxylic acids is 1. The summed E-state index contributed by atoms with van der Waals surface area (Å²) in [5.41, 5.74) is 1.09. The number of nitrogens with zero attached hydrogens (tertiary/aromatic N) is 5. The summed E-state index contributed by atoms with van der Waals surface area (Å²) in [6, 6.07) is 10.4. The molecule has 110 valence electrons. The van der Waals surface area contributed by atoms with Gasteiger partial charge >= 0.3 is 0 Å². The molecule has 0 unspecified atom stereocenters. The Balaban J connectivity index is 1.56. The van der Waals surface area contributed by atoms with Gasteiger partial charge in [-0.15, -0.1) is 5.10 Å². The molecule has 1 N–H and O–H groups in total. The van der Waals surface area contributed by atoms with E-state index >= 15 is 0 Å². The number of benzene rings is 1. The van der Waals surface area contributed by atoms with Crippen molar-refractivity contribution in [3.8, 4) is 0 Å². The van der Waals surface area contributed by atoms with E-state index in [9.17, 15) is 4.79 Å². The maximum absolute atomic E-state index is 12.2. The highest BCUT2D eigenvalue weighted by Gasteiger charge is 2.23. The van der Waals surface area contributed by atoms with Crippen LogP contribution < -0.4 is 5.32 Å². The number of aromatic nitrogens is 4. The lowest BCUT2D eigenvalue weighted by Crippen LogP contribution is -2.46. The van der Waals surface area contributed by atoms with Crippen molar-refractivity contribution in [2.45, 2.75) is 25.4 Å². The Morgan fingerprint density at radius 1 is 1.33 bits per heavy atom. The molecule has 0 bridgehead atoms. The second-order valence-electron chi connectivity index (χ2n) is 5.20. The van der Waals surface area contributed by atoms with Crippen LogP contribution >= 0.6 is 0 Å². The Morgan fingerprint density at radius 3 is 2.95 bits per heavy atom. The van der Waals surface area contributed by atoms with Gasteiger partial charge in [0.25, 0.3) is 0 Å². The molecule has 0 spiro atoms. The van der Waals surface area contributed by atoms with E-state index in [1.807, 2.05) is 35.2 Å². The fourth-order valence-corrected chi connectivity index (χ4v) is 2.58. The summed E-state index contributed by atoms with van der Waals surface area (Å²) in [4.78, 5) is 14.1. The summed E-state index contributed by atoms with van der Waals surface area (Å²) < 4.78 is 1.45. The van der Waals surface area contributed by atoms with E-state index < -0.39 is 0 Å². The molecule has 1 aliphatic rings. The number of anilines is 1. The van der Waals surface area contributed by atoms with Crippen molar-refractivity contribution in [2.24, 2.45) is 0 Å². The smallest absolute Gasteiger partial charge is 0.244 e. The van der Waals surface area contributed by atoms with Crippen molar-refractivity contribution in [3.05, 3.63) is 36.7 Å². The quantitative estimate of drug-likeness (QED) is 0.898. The molecule has 1 aliphatic heterocycles. The van der Waals surface area contributed by atoms with Gasteiger partial charge in [0.2, 0.25) is 5.91 Å². The minimum Gasteiger partial charge on any atom is -0.381 e. The second-order valence-corrected chi connectivity index (χ2v) is 5.20. The Bertz CT molecular complexity index is 570. The van der Waals surface area contributed by atoms with E-state index in [0.29, 0.717) is 6.04 Å². The first-order valence-corrected chi connectivity index (χ1v) is 7.11. The van der Waals surface area contributed by atoms with E-state index in [-0.39, 0.29) is 12.5 Å². The van der Waals surface area contributed by atoms with Gasteiger partial charge in [0, 0.05) is 24.8 Å². The van der Waals surface area contributed by atoms with E-state index in [1.165, 1.54) is 11.0 Å². The van der Waals surface area contributed by atoms with E-state index in [0.717, 1.165) is 31.6 Å². The van der Waals surface area contributed by atoms with Gasteiger partial charge in [0.15, 0.2) is 0 Å². The Morgan fingerprint density at radius 2 is 2.19 bits per heavy atom. The summed E-state index contributed by atoms with van der Waals surface area (Å²) in [5.74, 6) is 0.0573. The zero-order valence-electron chi connectivity index (χ0n) is 11.7. The third kappa shape index (κ3) is 3.56. The van der Waals surface area contributed by atoms with Crippen LogP contribution in [0.25, 0.3) is 0 Å². The summed E-state index contributed by atoms with van der Waals surface area (Å²) in [6.07, 6.45) is 3.54. The molecule has 1 amide bonds. The van der Waals surface area contributed by atoms with Gasteiger partial charge in [0.05, 0.1) is 0 Å². The summed E-state index contributed by atoms with van der Waals surface area (Å²) in [6.45, 7) is 1.72. The Hall–Kier alpha value is -2.44. The van der Waals surface area contributed by atoms with Crippen LogP contribution in [0.3, 0.4) is 0 Å². The van der Waals surface area contributed by atoms with Crippen LogP contribution in [0.2, 0.25) is 0 Å². The molecule has 3 rings (SSSR count). The Kier molecular flexibility index (Phi) is 4.09. The van der Waals surface area contributed by atoms with Gasteiger partial charge in [-0.3, -0.25) is 4.79 Å². The van der Waals surface area contributed by atoms with Crippen LogP contribution in [0, 0.1) is 0 Å². The minimum absolute atomic E-state index is 0.0573. The Labute approximate surface area is 122 Å². The molecule has 0 radical (unpaired) electrons. The topological polar surface area (TPSA) is 75.9 Å². The summed E-state index contributed by atoms with van der Waals surface area (Å²) >= 11 is 0. The fourth-order valence-electron chi connectivity index (χ4n) is 2.58. The number of hydrogen-bond donors (Lipinski definition) is 1. The predicted molar refractivity (Wildman–Crippen MR) is 77.5 cm³/mol. The van der Waals surface area contributed by atoms with Crippen molar-refractivity contribution in [1.29, 1.82) is 0 Å². The molecule has 7 nitrogen and oxygen atoms in total. The fraction of sp³-hybridized carbons (Fsp3) is 0.429. The standard InChI is InChI=1S/C14H18N6O/c21-14(10-20-11-15-17-18-20)19-8-4-7-13(9-19)16-12-5-2-1-3-6-12/h1-3,5-6,11,13,16H,4,7-10H2/t13-/m1/s1. The van der Waals surface area contributed by atoms with Crippen LogP contribution in [-0.2, 0) is 11.3 Å². The van der Waals surface area contributed by atoms with Crippen molar-refractivity contribution >= 4 is 11.6 Å². The largest absolute Gasteiger partial charge is 0.381 e. The molecule has 1 fully saturated rings. The lowest BCUT2D eigenvalue weighted by Gasteiger charge is -2.33.